The van der Waals surface area contributed by atoms with Crippen LogP contribution in [0.15, 0.2) is 102 Å². The summed E-state index contributed by atoms with van der Waals surface area (Å²) in [5.41, 5.74) is 2.34. The molecule has 0 saturated carbocycles. The summed E-state index contributed by atoms with van der Waals surface area (Å²) in [6.07, 6.45) is 0.514. The molecule has 2 amide bonds. The average Bonchev–Trinajstić information content (AvgIpc) is 3.17. The van der Waals surface area contributed by atoms with Gasteiger partial charge in [0, 0.05) is 26.2 Å². The average molecular weight is 718 g/mol. The molecular weight excluding hydrogens is 674 g/mol. The molecule has 1 saturated heterocycles. The molecule has 12 nitrogen and oxygen atoms in total. The monoisotopic (exact) mass is 717 g/mol. The van der Waals surface area contributed by atoms with Gasteiger partial charge in [0.1, 0.15) is 17.5 Å². The van der Waals surface area contributed by atoms with Gasteiger partial charge in [-0.05, 0) is 71.6 Å². The number of hydrogen-bond donors (Lipinski definition) is 1. The molecular formula is C38H43N3O9S. The Kier molecular flexibility index (Phi) is 12.9. The van der Waals surface area contributed by atoms with Crippen LogP contribution in [0.4, 0.5) is 0 Å². The highest BCUT2D eigenvalue weighted by Crippen LogP contribution is 2.29. The first-order chi connectivity index (χ1) is 24.7. The minimum atomic E-state index is -3.69. The second kappa shape index (κ2) is 17.7. The molecule has 0 spiro atoms. The molecule has 270 valence electrons. The van der Waals surface area contributed by atoms with Crippen molar-refractivity contribution in [2.45, 2.75) is 23.9 Å². The third-order valence-electron chi connectivity index (χ3n) is 8.46. The Labute approximate surface area is 298 Å². The summed E-state index contributed by atoms with van der Waals surface area (Å²) in [4.78, 5) is 29.7. The maximum Gasteiger partial charge on any atom is 0.261 e. The first-order valence-electron chi connectivity index (χ1n) is 16.5. The SMILES string of the molecule is COc1ccc(CN(C(=O)COc2ccc(S(=O)(=O)N3CCOCC3)cc2)C(C(=O)NCCc2ccc(OC)c(OC)c2)c2ccccc2)cc1. The largest absolute Gasteiger partial charge is 0.497 e. The molecule has 51 heavy (non-hydrogen) atoms. The second-order valence-electron chi connectivity index (χ2n) is 11.7. The van der Waals surface area contributed by atoms with E-state index in [0.717, 1.165) is 11.1 Å². The standard InChI is InChI=1S/C38H43N3O9S/c1-46-31-12-9-29(10-13-31)26-41(36(42)27-50-32-14-16-33(17-15-32)51(44,45)40-21-23-49-24-22-40)37(30-7-5-4-6-8-30)38(43)39-20-19-28-11-18-34(47-2)35(25-28)48-3/h4-18,25,37H,19-24,26-27H2,1-3H3,(H,39,43). The Balaban J connectivity index is 1.35. The Bertz CT molecular complexity index is 1850. The first kappa shape index (κ1) is 37.2. The zero-order valence-electron chi connectivity index (χ0n) is 28.9. The van der Waals surface area contributed by atoms with Gasteiger partial charge in [-0.1, -0.05) is 48.5 Å². The van der Waals surface area contributed by atoms with Gasteiger partial charge in [0.05, 0.1) is 39.4 Å². The number of hydrogen-bond acceptors (Lipinski definition) is 9. The molecule has 0 bridgehead atoms. The lowest BCUT2D eigenvalue weighted by Crippen LogP contribution is -2.45. The molecule has 0 aromatic heterocycles. The van der Waals surface area contributed by atoms with Gasteiger partial charge in [0.2, 0.25) is 15.9 Å². The molecule has 13 heteroatoms. The number of sulfonamides is 1. The van der Waals surface area contributed by atoms with Gasteiger partial charge in [-0.25, -0.2) is 8.42 Å². The van der Waals surface area contributed by atoms with Crippen molar-refractivity contribution >= 4 is 21.8 Å². The van der Waals surface area contributed by atoms with E-state index < -0.39 is 28.6 Å². The summed E-state index contributed by atoms with van der Waals surface area (Å²) in [5.74, 6) is 1.36. The van der Waals surface area contributed by atoms with E-state index >= 15 is 0 Å². The number of nitrogens with one attached hydrogen (secondary N) is 1. The summed E-state index contributed by atoms with van der Waals surface area (Å²) in [5, 5.41) is 3.02. The van der Waals surface area contributed by atoms with Gasteiger partial charge in [-0.15, -0.1) is 0 Å². The summed E-state index contributed by atoms with van der Waals surface area (Å²) in [6.45, 7) is 1.26. The third kappa shape index (κ3) is 9.57. The quantitative estimate of drug-likeness (QED) is 0.181. The minimum Gasteiger partial charge on any atom is -0.497 e. The highest BCUT2D eigenvalue weighted by atomic mass is 32.2. The number of ether oxygens (including phenoxy) is 5. The number of carbonyl (C=O) groups is 2. The molecule has 0 aliphatic carbocycles. The van der Waals surface area contributed by atoms with E-state index in [1.165, 1.54) is 33.5 Å². The van der Waals surface area contributed by atoms with Crippen molar-refractivity contribution in [2.24, 2.45) is 0 Å². The smallest absolute Gasteiger partial charge is 0.261 e. The van der Waals surface area contributed by atoms with Gasteiger partial charge < -0.3 is 33.9 Å². The predicted octanol–water partition coefficient (Wildman–Crippen LogP) is 4.24. The molecule has 4 aromatic rings. The van der Waals surface area contributed by atoms with Crippen LogP contribution in [0.1, 0.15) is 22.7 Å². The number of morpholine rings is 1. The summed E-state index contributed by atoms with van der Waals surface area (Å²) >= 11 is 0. The number of methoxy groups -OCH3 is 3. The normalized spacial score (nSPS) is 13.9. The van der Waals surface area contributed by atoms with E-state index in [2.05, 4.69) is 5.32 Å². The first-order valence-corrected chi connectivity index (χ1v) is 17.9. The maximum absolute atomic E-state index is 14.1. The molecule has 1 unspecified atom stereocenters. The number of nitrogens with zero attached hydrogens (tertiary/aromatic N) is 2. The van der Waals surface area contributed by atoms with Gasteiger partial charge >= 0.3 is 0 Å². The zero-order chi connectivity index (χ0) is 36.2. The van der Waals surface area contributed by atoms with Crippen molar-refractivity contribution in [3.8, 4) is 23.0 Å². The lowest BCUT2D eigenvalue weighted by Gasteiger charge is -2.31. The Morgan fingerprint density at radius 3 is 2.10 bits per heavy atom. The number of benzene rings is 4. The predicted molar refractivity (Wildman–Crippen MR) is 191 cm³/mol. The van der Waals surface area contributed by atoms with Crippen LogP contribution in [0.25, 0.3) is 0 Å². The topological polar surface area (TPSA) is 133 Å². The van der Waals surface area contributed by atoms with E-state index in [4.69, 9.17) is 23.7 Å². The Morgan fingerprint density at radius 1 is 0.804 bits per heavy atom. The molecule has 0 radical (unpaired) electrons. The minimum absolute atomic E-state index is 0.103. The van der Waals surface area contributed by atoms with Crippen LogP contribution in [0.5, 0.6) is 23.0 Å². The molecule has 1 fully saturated rings. The van der Waals surface area contributed by atoms with Crippen molar-refractivity contribution in [3.05, 3.63) is 114 Å². The lowest BCUT2D eigenvalue weighted by molar-refractivity contribution is -0.143. The Hall–Kier alpha value is -5.11. The third-order valence-corrected chi connectivity index (χ3v) is 10.4. The van der Waals surface area contributed by atoms with Crippen LogP contribution in [0.2, 0.25) is 0 Å². The van der Waals surface area contributed by atoms with Crippen LogP contribution in [-0.4, -0.2) is 90.2 Å². The lowest BCUT2D eigenvalue weighted by atomic mass is 10.0. The van der Waals surface area contributed by atoms with Crippen molar-refractivity contribution in [1.29, 1.82) is 0 Å². The van der Waals surface area contributed by atoms with E-state index in [1.807, 2.05) is 48.5 Å². The van der Waals surface area contributed by atoms with Gasteiger partial charge in [-0.2, -0.15) is 4.31 Å². The second-order valence-corrected chi connectivity index (χ2v) is 13.6. The number of amides is 2. The zero-order valence-corrected chi connectivity index (χ0v) is 29.8. The van der Waals surface area contributed by atoms with Crippen LogP contribution < -0.4 is 24.3 Å². The molecule has 1 aliphatic heterocycles. The van der Waals surface area contributed by atoms with Gasteiger partial charge in [-0.3, -0.25) is 9.59 Å². The summed E-state index contributed by atoms with van der Waals surface area (Å²) < 4.78 is 54.8. The van der Waals surface area contributed by atoms with Crippen LogP contribution >= 0.6 is 0 Å². The van der Waals surface area contributed by atoms with E-state index in [9.17, 15) is 18.0 Å². The fraction of sp³-hybridized carbons (Fsp3) is 0.316. The fourth-order valence-corrected chi connectivity index (χ4v) is 7.10. The van der Waals surface area contributed by atoms with E-state index in [-0.39, 0.29) is 30.4 Å². The van der Waals surface area contributed by atoms with Crippen molar-refractivity contribution < 1.29 is 41.7 Å². The highest BCUT2D eigenvalue weighted by molar-refractivity contribution is 7.89. The van der Waals surface area contributed by atoms with E-state index in [0.29, 0.717) is 54.7 Å². The van der Waals surface area contributed by atoms with Gasteiger partial charge in [0.25, 0.3) is 5.91 Å². The maximum atomic E-state index is 14.1. The van der Waals surface area contributed by atoms with Crippen LogP contribution in [0, 0.1) is 0 Å². The Morgan fingerprint density at radius 2 is 1.45 bits per heavy atom. The van der Waals surface area contributed by atoms with Crippen molar-refractivity contribution in [3.63, 3.8) is 0 Å². The van der Waals surface area contributed by atoms with Crippen LogP contribution in [-0.2, 0) is 37.3 Å². The van der Waals surface area contributed by atoms with Crippen molar-refractivity contribution in [2.75, 3.05) is 60.8 Å². The summed E-state index contributed by atoms with van der Waals surface area (Å²) in [6, 6.07) is 26.9. The van der Waals surface area contributed by atoms with Crippen LogP contribution in [0.3, 0.4) is 0 Å². The van der Waals surface area contributed by atoms with Crippen molar-refractivity contribution in [1.82, 2.24) is 14.5 Å². The molecule has 1 atom stereocenters. The van der Waals surface area contributed by atoms with E-state index in [1.54, 1.807) is 45.6 Å². The number of carbonyl (C=O) groups excluding carboxylic acids is 2. The highest BCUT2D eigenvalue weighted by Gasteiger charge is 2.32. The fourth-order valence-electron chi connectivity index (χ4n) is 5.69. The van der Waals surface area contributed by atoms with Gasteiger partial charge in [0.15, 0.2) is 18.1 Å². The molecule has 1 aliphatic rings. The number of rotatable bonds is 16. The molecule has 4 aromatic carbocycles. The molecule has 1 heterocycles. The molecule has 1 N–H and O–H groups in total. The molecule has 5 rings (SSSR count). The summed E-state index contributed by atoms with van der Waals surface area (Å²) in [7, 11) is 1.02.